The van der Waals surface area contributed by atoms with Crippen LogP contribution in [0.4, 0.5) is 0 Å². The molecule has 0 aliphatic heterocycles. The van der Waals surface area contributed by atoms with Gasteiger partial charge in [-0.25, -0.2) is 9.59 Å². The Kier molecular flexibility index (Phi) is 5.80. The fraction of sp³-hybridized carbons (Fsp3) is 0. The van der Waals surface area contributed by atoms with Crippen molar-refractivity contribution in [3.63, 3.8) is 0 Å². The summed E-state index contributed by atoms with van der Waals surface area (Å²) in [4.78, 5) is 19.3. The molecule has 0 aliphatic rings. The summed E-state index contributed by atoms with van der Waals surface area (Å²) >= 11 is 0. The van der Waals surface area contributed by atoms with Crippen LogP contribution in [0.25, 0.3) is 0 Å². The zero-order valence-corrected chi connectivity index (χ0v) is 3.92. The molecule has 0 rings (SSSR count). The number of carboxylic acids is 2. The molecule has 0 amide bonds. The number of hydrogen-bond acceptors (Lipinski definition) is 2. The van der Waals surface area contributed by atoms with Gasteiger partial charge in [0.05, 0.1) is 0 Å². The molecule has 0 aromatic heterocycles. The molecule has 0 aromatic carbocycles. The molecular formula is C4H5NaO4. The van der Waals surface area contributed by atoms with E-state index < -0.39 is 17.5 Å². The first-order chi connectivity index (χ1) is 3.55. The zero-order valence-electron chi connectivity index (χ0n) is 3.92. The average Bonchev–Trinajstić information content (AvgIpc) is 1.64. The van der Waals surface area contributed by atoms with Crippen LogP contribution in [0.3, 0.4) is 0 Å². The summed E-state index contributed by atoms with van der Waals surface area (Å²) in [5.41, 5.74) is -0.815. The topological polar surface area (TPSA) is 74.6 Å². The molecule has 46 valence electrons. The van der Waals surface area contributed by atoms with Crippen molar-refractivity contribution in [3.05, 3.63) is 12.2 Å². The second-order valence-corrected chi connectivity index (χ2v) is 1.09. The first-order valence-corrected chi connectivity index (χ1v) is 1.71. The summed E-state index contributed by atoms with van der Waals surface area (Å²) in [6, 6.07) is 0. The van der Waals surface area contributed by atoms with Crippen LogP contribution < -0.4 is 0 Å². The second-order valence-electron chi connectivity index (χ2n) is 1.09. The van der Waals surface area contributed by atoms with E-state index in [-0.39, 0.29) is 29.6 Å². The molecule has 0 heterocycles. The quantitative estimate of drug-likeness (QED) is 0.225. The molecule has 0 bridgehead atoms. The number of hydrogen-bond donors (Lipinski definition) is 2. The summed E-state index contributed by atoms with van der Waals surface area (Å²) < 4.78 is 0. The minimum absolute atomic E-state index is 0. The predicted molar refractivity (Wildman–Crippen MR) is 31.6 cm³/mol. The number of carbonyl (C=O) groups is 2. The van der Waals surface area contributed by atoms with Gasteiger partial charge < -0.3 is 10.2 Å². The Labute approximate surface area is 73.5 Å². The summed E-state index contributed by atoms with van der Waals surface area (Å²) in [7, 11) is 0. The third-order valence-electron chi connectivity index (χ3n) is 0.516. The van der Waals surface area contributed by atoms with Gasteiger partial charge in [-0.05, 0) is 0 Å². The molecule has 0 aliphatic carbocycles. The number of aliphatic carboxylic acids is 2. The van der Waals surface area contributed by atoms with Crippen LogP contribution in [0.2, 0.25) is 0 Å². The molecule has 0 radical (unpaired) electrons. The van der Waals surface area contributed by atoms with Crippen molar-refractivity contribution in [2.24, 2.45) is 0 Å². The molecule has 2 N–H and O–H groups in total. The van der Waals surface area contributed by atoms with Crippen LogP contribution in [0.5, 0.6) is 0 Å². The summed E-state index contributed by atoms with van der Waals surface area (Å²) in [6.07, 6.45) is 0. The normalized spacial score (nSPS) is 7.11. The molecule has 0 fully saturated rings. The Morgan fingerprint density at radius 3 is 1.33 bits per heavy atom. The molecule has 0 unspecified atom stereocenters. The van der Waals surface area contributed by atoms with Crippen LogP contribution in [-0.2, 0) is 9.59 Å². The van der Waals surface area contributed by atoms with Gasteiger partial charge in [-0.1, -0.05) is 6.58 Å². The van der Waals surface area contributed by atoms with E-state index in [4.69, 9.17) is 10.2 Å². The SMILES string of the molecule is C=C(C(=O)O)C(=O)O.[NaH]. The summed E-state index contributed by atoms with van der Waals surface area (Å²) in [6.45, 7) is 2.75. The first kappa shape index (κ1) is 11.5. The van der Waals surface area contributed by atoms with Crippen LogP contribution >= 0.6 is 0 Å². The Balaban J connectivity index is 0. The molecule has 9 heavy (non-hydrogen) atoms. The van der Waals surface area contributed by atoms with Gasteiger partial charge in [0.25, 0.3) is 0 Å². The van der Waals surface area contributed by atoms with Gasteiger partial charge in [0.15, 0.2) is 0 Å². The Morgan fingerprint density at radius 2 is 1.33 bits per heavy atom. The first-order valence-electron chi connectivity index (χ1n) is 1.71. The molecule has 0 spiro atoms. The van der Waals surface area contributed by atoms with E-state index >= 15 is 0 Å². The zero-order chi connectivity index (χ0) is 6.73. The third-order valence-corrected chi connectivity index (χ3v) is 0.516. The molecule has 0 aromatic rings. The minimum atomic E-state index is -1.50. The maximum atomic E-state index is 9.66. The van der Waals surface area contributed by atoms with Crippen LogP contribution in [0.15, 0.2) is 12.2 Å². The monoisotopic (exact) mass is 140 g/mol. The molecule has 0 saturated heterocycles. The third kappa shape index (κ3) is 4.20. The summed E-state index contributed by atoms with van der Waals surface area (Å²) in [5, 5.41) is 15.7. The van der Waals surface area contributed by atoms with Crippen molar-refractivity contribution in [1.29, 1.82) is 0 Å². The van der Waals surface area contributed by atoms with Gasteiger partial charge in [-0.15, -0.1) is 0 Å². The van der Waals surface area contributed by atoms with Crippen molar-refractivity contribution in [1.82, 2.24) is 0 Å². The van der Waals surface area contributed by atoms with Gasteiger partial charge in [-0.3, -0.25) is 0 Å². The van der Waals surface area contributed by atoms with Gasteiger partial charge in [0.1, 0.15) is 5.57 Å². The van der Waals surface area contributed by atoms with E-state index in [0.717, 1.165) is 0 Å². The summed E-state index contributed by atoms with van der Waals surface area (Å²) in [5.74, 6) is -3.00. The van der Waals surface area contributed by atoms with Crippen molar-refractivity contribution in [3.8, 4) is 0 Å². The van der Waals surface area contributed by atoms with Gasteiger partial charge in [0.2, 0.25) is 0 Å². The number of rotatable bonds is 2. The van der Waals surface area contributed by atoms with Crippen molar-refractivity contribution < 1.29 is 19.8 Å². The molecule has 5 heteroatoms. The van der Waals surface area contributed by atoms with Gasteiger partial charge in [-0.2, -0.15) is 0 Å². The standard InChI is InChI=1S/C4H4O4.Na.H/c1-2(3(5)6)4(7)8;;/h1H2,(H,5,6)(H,7,8);;. The van der Waals surface area contributed by atoms with Crippen molar-refractivity contribution in [2.45, 2.75) is 0 Å². The Bertz CT molecular complexity index is 135. The Hall–Kier alpha value is -0.320. The molecule has 0 atom stereocenters. The fourth-order valence-corrected chi connectivity index (χ4v) is 0.0915. The molecule has 0 saturated carbocycles. The van der Waals surface area contributed by atoms with E-state index in [1.54, 1.807) is 0 Å². The Morgan fingerprint density at radius 1 is 1.11 bits per heavy atom. The van der Waals surface area contributed by atoms with Gasteiger partial charge in [0, 0.05) is 0 Å². The van der Waals surface area contributed by atoms with Gasteiger partial charge >= 0.3 is 41.5 Å². The van der Waals surface area contributed by atoms with Crippen molar-refractivity contribution in [2.75, 3.05) is 0 Å². The predicted octanol–water partition coefficient (Wildman–Crippen LogP) is -0.937. The molecule has 4 nitrogen and oxygen atoms in total. The van der Waals surface area contributed by atoms with E-state index in [9.17, 15) is 9.59 Å². The fourth-order valence-electron chi connectivity index (χ4n) is 0.0915. The number of carboxylic acid groups (broad SMARTS) is 2. The van der Waals surface area contributed by atoms with Crippen LogP contribution in [0.1, 0.15) is 0 Å². The van der Waals surface area contributed by atoms with Crippen LogP contribution in [0, 0.1) is 0 Å². The van der Waals surface area contributed by atoms with Crippen LogP contribution in [-0.4, -0.2) is 51.7 Å². The molecular weight excluding hydrogens is 135 g/mol. The van der Waals surface area contributed by atoms with E-state index in [2.05, 4.69) is 6.58 Å². The van der Waals surface area contributed by atoms with E-state index in [1.165, 1.54) is 0 Å². The van der Waals surface area contributed by atoms with E-state index in [1.807, 2.05) is 0 Å². The van der Waals surface area contributed by atoms with E-state index in [0.29, 0.717) is 0 Å². The average molecular weight is 140 g/mol. The van der Waals surface area contributed by atoms with Crippen molar-refractivity contribution >= 4 is 41.5 Å². The maximum absolute atomic E-state index is 9.66. The second kappa shape index (κ2) is 4.55.